The average molecular weight is 471 g/mol. The van der Waals surface area contributed by atoms with Gasteiger partial charge in [0.15, 0.2) is 5.65 Å². The molecule has 0 spiro atoms. The molecule has 4 atom stereocenters. The van der Waals surface area contributed by atoms with Crippen molar-refractivity contribution in [1.82, 2.24) is 24.5 Å². The summed E-state index contributed by atoms with van der Waals surface area (Å²) in [4.78, 5) is 30.3. The third-order valence-corrected chi connectivity index (χ3v) is 7.02. The molecule has 0 bridgehead atoms. The van der Waals surface area contributed by atoms with E-state index in [4.69, 9.17) is 4.74 Å². The first-order valence-corrected chi connectivity index (χ1v) is 11.2. The number of nitrogens with zero attached hydrogens (tertiary/aromatic N) is 4. The van der Waals surface area contributed by atoms with Crippen molar-refractivity contribution < 1.29 is 18.3 Å². The van der Waals surface area contributed by atoms with E-state index in [1.54, 1.807) is 36.0 Å². The van der Waals surface area contributed by atoms with Gasteiger partial charge in [-0.15, -0.1) is 0 Å². The van der Waals surface area contributed by atoms with Crippen molar-refractivity contribution >= 4 is 28.9 Å². The van der Waals surface area contributed by atoms with Gasteiger partial charge in [-0.3, -0.25) is 9.59 Å². The monoisotopic (exact) mass is 471 g/mol. The van der Waals surface area contributed by atoms with Crippen LogP contribution >= 0.6 is 0 Å². The van der Waals surface area contributed by atoms with Gasteiger partial charge in [-0.25, -0.2) is 13.8 Å². The number of aromatic nitrogens is 4. The van der Waals surface area contributed by atoms with Gasteiger partial charge in [0.1, 0.15) is 22.9 Å². The molecule has 0 radical (unpaired) electrons. The van der Waals surface area contributed by atoms with Crippen LogP contribution in [0.2, 0.25) is 0 Å². The molecule has 34 heavy (non-hydrogen) atoms. The van der Waals surface area contributed by atoms with E-state index < -0.39 is 17.9 Å². The lowest BCUT2D eigenvalue weighted by Crippen LogP contribution is -2.55. The van der Waals surface area contributed by atoms with Crippen LogP contribution in [0.4, 0.5) is 26.1 Å². The number of hydrogen-bond donors (Lipinski definition) is 3. The summed E-state index contributed by atoms with van der Waals surface area (Å²) in [5.74, 6) is -2.02. The molecular weight excluding hydrogens is 448 g/mol. The van der Waals surface area contributed by atoms with E-state index in [1.807, 2.05) is 0 Å². The Kier molecular flexibility index (Phi) is 4.63. The van der Waals surface area contributed by atoms with Crippen molar-refractivity contribution in [3.05, 3.63) is 46.5 Å². The Hall–Kier alpha value is -3.54. The fourth-order valence-corrected chi connectivity index (χ4v) is 4.89. The Labute approximate surface area is 192 Å². The smallest absolute Gasteiger partial charge is 0.274 e. The molecule has 1 saturated heterocycles. The third kappa shape index (κ3) is 3.23. The standard InChI is InChI=1S/C22H23F2N7O3/c1-25-17-7-16(27-14-3-2-6-30(21(14)33)18-12-9-34-10-13(12)18)29-19-11(8-26-31(17)19)20(32)28-15-4-5-22(15,23)24/h2-3,6-8,12-13,15,18,25H,4-5,9-10H2,1H3,(H,27,29)(H,28,32)/t12-,13+,15-,18?/m1/s1. The Bertz CT molecular complexity index is 1340. The molecular formula is C22H23F2N7O3. The average Bonchev–Trinajstić information content (AvgIpc) is 3.15. The van der Waals surface area contributed by atoms with E-state index in [1.165, 1.54) is 10.7 Å². The molecule has 12 heteroatoms. The van der Waals surface area contributed by atoms with Gasteiger partial charge >= 0.3 is 0 Å². The highest BCUT2D eigenvalue weighted by Gasteiger charge is 2.55. The van der Waals surface area contributed by atoms with Crippen LogP contribution in [0.3, 0.4) is 0 Å². The van der Waals surface area contributed by atoms with E-state index >= 15 is 0 Å². The van der Waals surface area contributed by atoms with Gasteiger partial charge in [0.05, 0.1) is 25.5 Å². The summed E-state index contributed by atoms with van der Waals surface area (Å²) in [5.41, 5.74) is 0.416. The zero-order chi connectivity index (χ0) is 23.6. The fraction of sp³-hybridized carbons (Fsp3) is 0.455. The van der Waals surface area contributed by atoms with Crippen molar-refractivity contribution in [1.29, 1.82) is 0 Å². The van der Waals surface area contributed by atoms with Crippen LogP contribution in [-0.4, -0.2) is 57.3 Å². The maximum absolute atomic E-state index is 13.6. The molecule has 10 nitrogen and oxygen atoms in total. The van der Waals surface area contributed by atoms with E-state index in [0.29, 0.717) is 42.4 Å². The number of halogens is 2. The lowest BCUT2D eigenvalue weighted by Gasteiger charge is -2.36. The van der Waals surface area contributed by atoms with Gasteiger partial charge < -0.3 is 25.3 Å². The number of rotatable bonds is 6. The summed E-state index contributed by atoms with van der Waals surface area (Å²) in [7, 11) is 1.68. The summed E-state index contributed by atoms with van der Waals surface area (Å²) in [6.45, 7) is 1.34. The number of ether oxygens (including phenoxy) is 1. The molecule has 6 rings (SSSR count). The summed E-state index contributed by atoms with van der Waals surface area (Å²) < 4.78 is 35.9. The second-order valence-electron chi connectivity index (χ2n) is 9.01. The quantitative estimate of drug-likeness (QED) is 0.504. The number of hydrogen-bond acceptors (Lipinski definition) is 7. The van der Waals surface area contributed by atoms with Gasteiger partial charge in [0, 0.05) is 43.6 Å². The largest absolute Gasteiger partial charge is 0.381 e. The molecule has 178 valence electrons. The van der Waals surface area contributed by atoms with Crippen molar-refractivity contribution in [2.75, 3.05) is 30.9 Å². The van der Waals surface area contributed by atoms with Gasteiger partial charge in [-0.05, 0) is 18.6 Å². The summed E-state index contributed by atoms with van der Waals surface area (Å²) in [6, 6.07) is 4.06. The molecule has 3 aliphatic rings. The Balaban J connectivity index is 1.31. The van der Waals surface area contributed by atoms with Gasteiger partial charge in [0.2, 0.25) is 0 Å². The van der Waals surface area contributed by atoms with Gasteiger partial charge in [-0.2, -0.15) is 9.61 Å². The van der Waals surface area contributed by atoms with Crippen LogP contribution in [-0.2, 0) is 4.74 Å². The number of fused-ring (bicyclic) bond motifs is 2. The Morgan fingerprint density at radius 2 is 2.09 bits per heavy atom. The van der Waals surface area contributed by atoms with E-state index in [-0.39, 0.29) is 35.7 Å². The van der Waals surface area contributed by atoms with E-state index in [0.717, 1.165) is 0 Å². The SMILES string of the molecule is CNc1cc(Nc2cccn(C3[C@H]4COC[C@@H]34)c2=O)nc2c(C(=O)N[C@@H]3CCC3(F)F)cnn12. The highest BCUT2D eigenvalue weighted by atomic mass is 19.3. The topological polar surface area (TPSA) is 115 Å². The maximum atomic E-state index is 13.6. The molecule has 4 heterocycles. The maximum Gasteiger partial charge on any atom is 0.274 e. The minimum absolute atomic E-state index is 0.0686. The van der Waals surface area contributed by atoms with Crippen molar-refractivity contribution in [2.24, 2.45) is 11.8 Å². The van der Waals surface area contributed by atoms with Crippen LogP contribution in [0.15, 0.2) is 35.4 Å². The Morgan fingerprint density at radius 3 is 2.76 bits per heavy atom. The lowest BCUT2D eigenvalue weighted by atomic mass is 9.88. The molecule has 0 aromatic carbocycles. The minimum atomic E-state index is -2.91. The second kappa shape index (κ2) is 7.49. The van der Waals surface area contributed by atoms with Crippen LogP contribution < -0.4 is 21.5 Å². The highest BCUT2D eigenvalue weighted by Crippen LogP contribution is 2.53. The van der Waals surface area contributed by atoms with Crippen LogP contribution in [0, 0.1) is 11.8 Å². The van der Waals surface area contributed by atoms with E-state index in [2.05, 4.69) is 26.0 Å². The number of pyridine rings is 1. The molecule has 1 aliphatic heterocycles. The van der Waals surface area contributed by atoms with Crippen LogP contribution in [0.25, 0.3) is 5.65 Å². The first-order valence-electron chi connectivity index (χ1n) is 11.2. The zero-order valence-electron chi connectivity index (χ0n) is 18.3. The minimum Gasteiger partial charge on any atom is -0.381 e. The third-order valence-electron chi connectivity index (χ3n) is 7.02. The fourth-order valence-electron chi connectivity index (χ4n) is 4.89. The lowest BCUT2D eigenvalue weighted by molar-refractivity contribution is -0.102. The van der Waals surface area contributed by atoms with Gasteiger partial charge in [0.25, 0.3) is 17.4 Å². The number of carbonyl (C=O) groups is 1. The molecule has 3 aromatic rings. The normalized spacial score (nSPS) is 26.6. The predicted octanol–water partition coefficient (Wildman–Crippen LogP) is 2.02. The predicted molar refractivity (Wildman–Crippen MR) is 119 cm³/mol. The molecule has 1 unspecified atom stereocenters. The van der Waals surface area contributed by atoms with Gasteiger partial charge in [-0.1, -0.05) is 0 Å². The van der Waals surface area contributed by atoms with E-state index in [9.17, 15) is 18.4 Å². The highest BCUT2D eigenvalue weighted by molar-refractivity contribution is 6.00. The van der Waals surface area contributed by atoms with Crippen LogP contribution in [0.5, 0.6) is 0 Å². The Morgan fingerprint density at radius 1 is 1.29 bits per heavy atom. The molecule has 3 fully saturated rings. The molecule has 3 aromatic heterocycles. The molecule has 2 aliphatic carbocycles. The molecule has 1 amide bonds. The second-order valence-corrected chi connectivity index (χ2v) is 9.01. The first kappa shape index (κ1) is 21.0. The number of nitrogens with one attached hydrogen (secondary N) is 3. The summed E-state index contributed by atoms with van der Waals surface area (Å²) in [6.07, 6.45) is 3.05. The summed E-state index contributed by atoms with van der Waals surface area (Å²) >= 11 is 0. The number of amides is 1. The number of alkyl halides is 2. The van der Waals surface area contributed by atoms with Crippen molar-refractivity contribution in [2.45, 2.75) is 30.8 Å². The number of carbonyl (C=O) groups excluding carboxylic acids is 1. The molecule has 2 saturated carbocycles. The van der Waals surface area contributed by atoms with Crippen molar-refractivity contribution in [3.8, 4) is 0 Å². The molecule has 3 N–H and O–H groups in total. The number of anilines is 3. The first-order chi connectivity index (χ1) is 16.4. The van der Waals surface area contributed by atoms with Crippen molar-refractivity contribution in [3.63, 3.8) is 0 Å². The summed E-state index contributed by atoms with van der Waals surface area (Å²) in [5, 5.41) is 12.6. The zero-order valence-corrected chi connectivity index (χ0v) is 18.3. The van der Waals surface area contributed by atoms with Crippen LogP contribution in [0.1, 0.15) is 29.2 Å².